The maximum absolute atomic E-state index is 11.8. The molecule has 2 N–H and O–H groups in total. The fourth-order valence-electron chi connectivity index (χ4n) is 1.93. The van der Waals surface area contributed by atoms with Crippen LogP contribution in [-0.2, 0) is 6.18 Å². The predicted molar refractivity (Wildman–Crippen MR) is 72.1 cm³/mol. The third kappa shape index (κ3) is 6.24. The molecule has 2 unspecified atom stereocenters. The van der Waals surface area contributed by atoms with Gasteiger partial charge in [-0.1, -0.05) is 0 Å². The van der Waals surface area contributed by atoms with Gasteiger partial charge in [0.1, 0.15) is 0 Å². The Kier molecular flexibility index (Phi) is 7.10. The monoisotopic (exact) mass is 341 g/mol. The van der Waals surface area contributed by atoms with Crippen LogP contribution in [0.1, 0.15) is 26.0 Å². The van der Waals surface area contributed by atoms with E-state index in [0.29, 0.717) is 25.2 Å². The second-order valence-corrected chi connectivity index (χ2v) is 5.33. The van der Waals surface area contributed by atoms with E-state index in [0.717, 1.165) is 12.7 Å². The molecular formula is C13H19F4N3O3. The Balaban J connectivity index is 0.000000231. The molecule has 1 aliphatic rings. The highest BCUT2D eigenvalue weighted by molar-refractivity contribution is 5.09. The summed E-state index contributed by atoms with van der Waals surface area (Å²) in [5.74, 6) is -0.815. The smallest absolute Gasteiger partial charge is 0.390 e. The third-order valence-corrected chi connectivity index (χ3v) is 3.29. The molecule has 1 aliphatic heterocycles. The first-order chi connectivity index (χ1) is 10.6. The molecular weight excluding hydrogens is 322 g/mol. The number of piperidine rings is 1. The van der Waals surface area contributed by atoms with Gasteiger partial charge >= 0.3 is 6.18 Å². The van der Waals surface area contributed by atoms with Crippen LogP contribution in [0, 0.1) is 0 Å². The van der Waals surface area contributed by atoms with Gasteiger partial charge in [0.05, 0.1) is 24.6 Å². The van der Waals surface area contributed by atoms with Gasteiger partial charge in [-0.3, -0.25) is 14.8 Å². The minimum atomic E-state index is -4.64. The second-order valence-electron chi connectivity index (χ2n) is 5.33. The highest BCUT2D eigenvalue weighted by Crippen LogP contribution is 2.27. The van der Waals surface area contributed by atoms with Crippen molar-refractivity contribution in [1.29, 1.82) is 0 Å². The summed E-state index contributed by atoms with van der Waals surface area (Å²) in [6.07, 6.45) is -3.80. The first kappa shape index (κ1) is 19.5. The van der Waals surface area contributed by atoms with Crippen molar-refractivity contribution in [2.75, 3.05) is 13.1 Å². The Morgan fingerprint density at radius 3 is 2.39 bits per heavy atom. The Bertz CT molecular complexity index is 488. The van der Waals surface area contributed by atoms with Crippen LogP contribution in [0.5, 0.6) is 5.88 Å². The van der Waals surface area contributed by atoms with Crippen LogP contribution in [0.3, 0.4) is 0 Å². The molecule has 2 heterocycles. The quantitative estimate of drug-likeness (QED) is 0.796. The zero-order chi connectivity index (χ0) is 17.6. The van der Waals surface area contributed by atoms with Crippen molar-refractivity contribution in [3.05, 3.63) is 18.1 Å². The first-order valence-corrected chi connectivity index (χ1v) is 6.93. The molecule has 23 heavy (non-hydrogen) atoms. The molecule has 0 saturated carbocycles. The highest BCUT2D eigenvalue weighted by atomic mass is 19.4. The number of nitrogens with zero attached hydrogens (tertiary/aromatic N) is 3. The third-order valence-electron chi connectivity index (χ3n) is 3.29. The standard InChI is InChI=1S/C8H17NO2.C5H2F4N2O/c1-6(2)9-4-3-7(10)8(11)5-9;6-5(7,8)3-1-10-2-4(11-3)12-9/h6-8,10-11H,3-5H2,1-2H3;1-2H. The van der Waals surface area contributed by atoms with Crippen LogP contribution < -0.4 is 4.94 Å². The molecule has 0 aromatic carbocycles. The summed E-state index contributed by atoms with van der Waals surface area (Å²) in [7, 11) is 0. The first-order valence-electron chi connectivity index (χ1n) is 6.93. The molecule has 1 saturated heterocycles. The van der Waals surface area contributed by atoms with Crippen LogP contribution in [0.25, 0.3) is 0 Å². The number of hydrogen-bond donors (Lipinski definition) is 2. The van der Waals surface area contributed by atoms with E-state index in [-0.39, 0.29) is 0 Å². The van der Waals surface area contributed by atoms with Gasteiger partial charge in [-0.15, -0.1) is 0 Å². The van der Waals surface area contributed by atoms with Crippen molar-refractivity contribution in [2.45, 2.75) is 44.7 Å². The van der Waals surface area contributed by atoms with Crippen LogP contribution in [0.4, 0.5) is 17.7 Å². The van der Waals surface area contributed by atoms with Crippen molar-refractivity contribution in [3.63, 3.8) is 0 Å². The molecule has 0 aliphatic carbocycles. The predicted octanol–water partition coefficient (Wildman–Crippen LogP) is 1.58. The highest BCUT2D eigenvalue weighted by Gasteiger charge is 2.33. The largest absolute Gasteiger partial charge is 0.435 e. The van der Waals surface area contributed by atoms with Crippen molar-refractivity contribution >= 4 is 0 Å². The van der Waals surface area contributed by atoms with Crippen molar-refractivity contribution in [3.8, 4) is 5.88 Å². The van der Waals surface area contributed by atoms with E-state index in [4.69, 9.17) is 0 Å². The maximum Gasteiger partial charge on any atom is 0.435 e. The fraction of sp³-hybridized carbons (Fsp3) is 0.692. The van der Waals surface area contributed by atoms with Crippen LogP contribution >= 0.6 is 0 Å². The van der Waals surface area contributed by atoms with Crippen molar-refractivity contribution < 1.29 is 32.9 Å². The van der Waals surface area contributed by atoms with Crippen LogP contribution in [0.15, 0.2) is 12.4 Å². The minimum Gasteiger partial charge on any atom is -0.390 e. The molecule has 0 spiro atoms. The average Bonchev–Trinajstić information content (AvgIpc) is 2.49. The van der Waals surface area contributed by atoms with E-state index in [2.05, 4.69) is 33.7 Å². The Labute approximate surface area is 130 Å². The van der Waals surface area contributed by atoms with Gasteiger partial charge in [0.2, 0.25) is 0 Å². The summed E-state index contributed by atoms with van der Waals surface area (Å²) in [6, 6.07) is 0.470. The van der Waals surface area contributed by atoms with Gasteiger partial charge in [0.25, 0.3) is 5.88 Å². The number of rotatable bonds is 2. The fourth-order valence-corrected chi connectivity index (χ4v) is 1.93. The van der Waals surface area contributed by atoms with Gasteiger partial charge in [0.15, 0.2) is 5.69 Å². The summed E-state index contributed by atoms with van der Waals surface area (Å²) in [6.45, 7) is 5.71. The Morgan fingerprint density at radius 1 is 1.26 bits per heavy atom. The summed E-state index contributed by atoms with van der Waals surface area (Å²) < 4.78 is 46.8. The van der Waals surface area contributed by atoms with Crippen molar-refractivity contribution in [2.24, 2.45) is 0 Å². The molecule has 0 bridgehead atoms. The number of aliphatic hydroxyl groups is 2. The van der Waals surface area contributed by atoms with E-state index in [1.165, 1.54) is 0 Å². The van der Waals surface area contributed by atoms with Gasteiger partial charge in [-0.05, 0) is 20.3 Å². The number of likely N-dealkylation sites (tertiary alicyclic amines) is 1. The van der Waals surface area contributed by atoms with Crippen LogP contribution in [-0.4, -0.2) is 56.4 Å². The Morgan fingerprint density at radius 2 is 1.91 bits per heavy atom. The molecule has 1 aromatic rings. The number of halogens is 4. The topological polar surface area (TPSA) is 78.7 Å². The van der Waals surface area contributed by atoms with Gasteiger partial charge in [-0.2, -0.15) is 13.2 Å². The number of aromatic nitrogens is 2. The van der Waals surface area contributed by atoms with E-state index in [1.54, 1.807) is 0 Å². The molecule has 0 radical (unpaired) electrons. The lowest BCUT2D eigenvalue weighted by atomic mass is 10.0. The minimum absolute atomic E-state index is 0.470. The van der Waals surface area contributed by atoms with E-state index < -0.39 is 30.0 Å². The van der Waals surface area contributed by atoms with E-state index in [9.17, 15) is 27.9 Å². The second kappa shape index (κ2) is 8.37. The molecule has 6 nitrogen and oxygen atoms in total. The molecule has 1 fully saturated rings. The van der Waals surface area contributed by atoms with Crippen molar-refractivity contribution in [1.82, 2.24) is 14.9 Å². The number of aliphatic hydroxyl groups excluding tert-OH is 2. The summed E-state index contributed by atoms with van der Waals surface area (Å²) >= 11 is 0. The van der Waals surface area contributed by atoms with E-state index >= 15 is 0 Å². The number of alkyl halides is 3. The SMILES string of the molecule is CC(C)N1CCC(O)C(O)C1.FOc1cncc(C(F)(F)F)n1. The summed E-state index contributed by atoms with van der Waals surface area (Å²) in [5.41, 5.74) is -1.29. The van der Waals surface area contributed by atoms with E-state index in [1.807, 2.05) is 0 Å². The average molecular weight is 341 g/mol. The lowest BCUT2D eigenvalue weighted by molar-refractivity contribution is -0.142. The molecule has 0 amide bonds. The Hall–Kier alpha value is -1.52. The summed E-state index contributed by atoms with van der Waals surface area (Å²) in [4.78, 5) is 11.0. The molecule has 2 atom stereocenters. The molecule has 2 rings (SSSR count). The van der Waals surface area contributed by atoms with Gasteiger partial charge < -0.3 is 10.2 Å². The normalized spacial score (nSPS) is 22.5. The molecule has 10 heteroatoms. The lowest BCUT2D eigenvalue weighted by Crippen LogP contribution is -2.49. The zero-order valence-corrected chi connectivity index (χ0v) is 12.7. The maximum atomic E-state index is 11.8. The van der Waals surface area contributed by atoms with Gasteiger partial charge in [0, 0.05) is 23.7 Å². The lowest BCUT2D eigenvalue weighted by Gasteiger charge is -2.35. The van der Waals surface area contributed by atoms with Gasteiger partial charge in [-0.25, -0.2) is 4.98 Å². The number of hydrogen-bond acceptors (Lipinski definition) is 6. The summed E-state index contributed by atoms with van der Waals surface area (Å²) in [5, 5.41) is 18.5. The van der Waals surface area contributed by atoms with Crippen LogP contribution in [0.2, 0.25) is 0 Å². The zero-order valence-electron chi connectivity index (χ0n) is 12.7. The molecule has 132 valence electrons. The number of β-amino-alcohol motifs (C(OH)–C–C–N with tert-alkyl or cyclic N) is 1. The molecule has 1 aromatic heterocycles.